The van der Waals surface area contributed by atoms with Gasteiger partial charge in [-0.1, -0.05) is 12.8 Å². The summed E-state index contributed by atoms with van der Waals surface area (Å²) in [6, 6.07) is -6.86. The number of hydrogen-bond acceptors (Lipinski definition) is 16. The van der Waals surface area contributed by atoms with Gasteiger partial charge < -0.3 is 106 Å². The van der Waals surface area contributed by atoms with Crippen LogP contribution in [0.3, 0.4) is 0 Å². The number of amides is 7. The third kappa shape index (κ3) is 35.9. The van der Waals surface area contributed by atoms with Crippen LogP contribution in [-0.2, 0) is 38.4 Å². The molecule has 0 aromatic carbocycles. The van der Waals surface area contributed by atoms with Gasteiger partial charge in [0.15, 0.2) is 29.6 Å². The normalized spacial score (nSPS) is 13.6. The van der Waals surface area contributed by atoms with Crippen molar-refractivity contribution in [3.05, 3.63) is 0 Å². The van der Waals surface area contributed by atoms with Crippen molar-refractivity contribution in [1.29, 1.82) is 0 Å². The number of unbranched alkanes of at least 4 members (excludes halogenated alkanes) is 4. The van der Waals surface area contributed by atoms with Crippen LogP contribution in [0.1, 0.15) is 122 Å². The van der Waals surface area contributed by atoms with Gasteiger partial charge >= 0.3 is 0 Å². The van der Waals surface area contributed by atoms with Gasteiger partial charge in [-0.15, -0.1) is 0 Å². The number of carbonyl (C=O) groups is 8. The number of ketones is 1. The molecule has 0 aliphatic heterocycles. The first kappa shape index (κ1) is 68.9. The molecule has 0 spiro atoms. The molecule has 0 bridgehead atoms. The molecule has 31 heteroatoms. The monoisotopic (exact) mass is 1080 g/mol. The van der Waals surface area contributed by atoms with Crippen LogP contribution < -0.4 is 106 Å². The average Bonchev–Trinajstić information content (AvgIpc) is 3.35. The number of nitrogens with two attached hydrogens (primary N) is 13. The lowest BCUT2D eigenvalue weighted by Gasteiger charge is -2.24. The van der Waals surface area contributed by atoms with Gasteiger partial charge in [-0.3, -0.25) is 58.3 Å². The topological polar surface area (TPSA) is 596 Å². The van der Waals surface area contributed by atoms with E-state index in [0.29, 0.717) is 96.6 Å². The Morgan fingerprint density at radius 1 is 0.329 bits per heavy atom. The zero-order valence-electron chi connectivity index (χ0n) is 44.0. The molecule has 76 heavy (non-hydrogen) atoms. The zero-order valence-corrected chi connectivity index (χ0v) is 44.0. The lowest BCUT2D eigenvalue weighted by molar-refractivity contribution is -0.133. The number of rotatable bonds is 44. The van der Waals surface area contributed by atoms with Gasteiger partial charge in [0.05, 0.1) is 36.8 Å². The predicted octanol–water partition coefficient (Wildman–Crippen LogP) is -7.34. The predicted molar refractivity (Wildman–Crippen MR) is 291 cm³/mol. The van der Waals surface area contributed by atoms with E-state index in [4.69, 9.17) is 74.5 Å². The Kier molecular flexibility index (Phi) is 37.3. The molecule has 0 aliphatic rings. The van der Waals surface area contributed by atoms with E-state index in [0.717, 1.165) is 0 Å². The lowest BCUT2D eigenvalue weighted by Crippen LogP contribution is -2.56. The molecule has 0 rings (SSSR count). The molecule has 0 unspecified atom stereocenters. The van der Waals surface area contributed by atoms with E-state index in [1.54, 1.807) is 0 Å². The second kappa shape index (κ2) is 41.2. The molecule has 0 aromatic rings. The maximum absolute atomic E-state index is 13.9. The smallest absolute Gasteiger partial charge is 0.243 e. The summed E-state index contributed by atoms with van der Waals surface area (Å²) in [6.07, 6.45) is 5.95. The minimum Gasteiger partial charge on any atom is -0.370 e. The van der Waals surface area contributed by atoms with Gasteiger partial charge in [0, 0.05) is 45.7 Å². The van der Waals surface area contributed by atoms with Crippen LogP contribution in [0.4, 0.5) is 0 Å². The van der Waals surface area contributed by atoms with Crippen LogP contribution >= 0.6 is 0 Å². The van der Waals surface area contributed by atoms with Crippen molar-refractivity contribution in [3.63, 3.8) is 0 Å². The van der Waals surface area contributed by atoms with Gasteiger partial charge in [0.1, 0.15) is 12.1 Å². The standard InChI is InChI=1S/C45H91N23O8/c46-27(12-8-22-61-42(51)52)36(71)59-20-6-4-16-31(66-38(73)29(48)14-10-24-63-44(55)56)34(69)19-3-1-2-17-32(40(75)65-26-35(50)70)68-41(76)33(67-39(74)30(49)15-11-25-64-45(57)58)18-5-7-21-60-37(72)28(47)13-9-23-62-43(53)54/h27-33H,1-26,46-49H2,(H2,50,70)(H,59,71)(H,60,72)(H,65,75)(H,66,73)(H,67,74)(H,68,76)(H4,51,52,61)(H4,53,54,62)(H4,55,56,63)(H4,57,58,64)/t27-,28-,29-,30-,31-,32-,33-/m1/s1. The molecule has 434 valence electrons. The van der Waals surface area contributed by atoms with E-state index >= 15 is 0 Å². The van der Waals surface area contributed by atoms with Crippen molar-refractivity contribution in [2.24, 2.45) is 94.5 Å². The maximum Gasteiger partial charge on any atom is 0.243 e. The lowest BCUT2D eigenvalue weighted by atomic mass is 9.98. The van der Waals surface area contributed by atoms with Gasteiger partial charge in [-0.2, -0.15) is 0 Å². The van der Waals surface area contributed by atoms with Crippen LogP contribution in [0, 0.1) is 0 Å². The molecule has 0 heterocycles. The van der Waals surface area contributed by atoms with E-state index in [1.165, 1.54) is 0 Å². The first-order valence-electron chi connectivity index (χ1n) is 25.7. The number of nitrogens with zero attached hydrogens (tertiary/aromatic N) is 4. The Morgan fingerprint density at radius 3 is 1.04 bits per heavy atom. The molecule has 0 saturated heterocycles. The van der Waals surface area contributed by atoms with Crippen LogP contribution in [-0.4, -0.2) is 159 Å². The third-order valence-corrected chi connectivity index (χ3v) is 11.5. The molecule has 7 amide bonds. The summed E-state index contributed by atoms with van der Waals surface area (Å²) in [5.41, 5.74) is 72.4. The van der Waals surface area contributed by atoms with E-state index in [1.807, 2.05) is 0 Å². The molecule has 7 atom stereocenters. The van der Waals surface area contributed by atoms with Crippen molar-refractivity contribution < 1.29 is 38.4 Å². The van der Waals surface area contributed by atoms with E-state index in [-0.39, 0.29) is 100 Å². The van der Waals surface area contributed by atoms with Crippen LogP contribution in [0.15, 0.2) is 20.0 Å². The Labute approximate surface area is 444 Å². The fraction of sp³-hybridized carbons (Fsp3) is 0.733. The highest BCUT2D eigenvalue weighted by Gasteiger charge is 2.29. The van der Waals surface area contributed by atoms with E-state index in [9.17, 15) is 38.4 Å². The molecular formula is C45H91N23O8. The molecule has 0 aromatic heterocycles. The number of carbonyl (C=O) groups excluding carboxylic acids is 8. The number of hydrogen-bond donors (Lipinski definition) is 19. The van der Waals surface area contributed by atoms with Gasteiger partial charge in [-0.05, 0) is 103 Å². The molecule has 32 N–H and O–H groups in total. The fourth-order valence-corrected chi connectivity index (χ4v) is 7.21. The minimum atomic E-state index is -1.21. The van der Waals surface area contributed by atoms with Crippen LogP contribution in [0.5, 0.6) is 0 Å². The fourth-order valence-electron chi connectivity index (χ4n) is 7.21. The highest BCUT2D eigenvalue weighted by atomic mass is 16.2. The maximum atomic E-state index is 13.9. The van der Waals surface area contributed by atoms with Crippen molar-refractivity contribution in [2.45, 2.75) is 164 Å². The second-order valence-electron chi connectivity index (χ2n) is 18.2. The Balaban J connectivity index is 5.90. The largest absolute Gasteiger partial charge is 0.370 e. The van der Waals surface area contributed by atoms with E-state index in [2.05, 4.69) is 51.9 Å². The number of aliphatic imine (C=N–C) groups is 4. The highest BCUT2D eigenvalue weighted by Crippen LogP contribution is 2.13. The summed E-state index contributed by atoms with van der Waals surface area (Å²) in [5.74, 6) is -4.82. The number of guanidine groups is 4. The van der Waals surface area contributed by atoms with Gasteiger partial charge in [0.25, 0.3) is 0 Å². The molecule has 0 saturated carbocycles. The Bertz CT molecular complexity index is 1900. The zero-order chi connectivity index (χ0) is 57.4. The summed E-state index contributed by atoms with van der Waals surface area (Å²) >= 11 is 0. The Morgan fingerprint density at radius 2 is 0.658 bits per heavy atom. The van der Waals surface area contributed by atoms with Crippen LogP contribution in [0.25, 0.3) is 0 Å². The molecule has 0 aliphatic carbocycles. The van der Waals surface area contributed by atoms with E-state index < -0.39 is 84.3 Å². The molecule has 0 radical (unpaired) electrons. The number of Topliss-reactive ketones (excluding diaryl/α,β-unsaturated/α-hetero) is 1. The summed E-state index contributed by atoms with van der Waals surface area (Å²) < 4.78 is 0. The SMILES string of the molecule is NC(=O)CNC(=O)[C@@H](CCCCCC(=O)[C@@H](CCCCNC(=O)[C@H](N)CCCN=C(N)N)NC(=O)[C@H](N)CCCN=C(N)N)NC(=O)[C@@H](CCCCNC(=O)[C@H](N)CCCN=C(N)N)NC(=O)[C@H](N)CCCN=C(N)N. The van der Waals surface area contributed by atoms with Crippen LogP contribution in [0.2, 0.25) is 0 Å². The molecular weight excluding hydrogens is 991 g/mol. The summed E-state index contributed by atoms with van der Waals surface area (Å²) in [4.78, 5) is 120. The quantitative estimate of drug-likeness (QED) is 0.0153. The number of primary amides is 1. The van der Waals surface area contributed by atoms with Gasteiger partial charge in [-0.25, -0.2) is 0 Å². The Hall–Kier alpha value is -7.12. The molecule has 0 fully saturated rings. The first-order valence-corrected chi connectivity index (χ1v) is 25.7. The summed E-state index contributed by atoms with van der Waals surface area (Å²) in [6.45, 7) is 1.08. The minimum absolute atomic E-state index is 0.0349. The first-order chi connectivity index (χ1) is 35.9. The average molecular weight is 1080 g/mol. The molecule has 31 nitrogen and oxygen atoms in total. The summed E-state index contributed by atoms with van der Waals surface area (Å²) in [5, 5.41) is 16.0. The summed E-state index contributed by atoms with van der Waals surface area (Å²) in [7, 11) is 0. The van der Waals surface area contributed by atoms with Crippen molar-refractivity contribution in [1.82, 2.24) is 31.9 Å². The third-order valence-electron chi connectivity index (χ3n) is 11.5. The van der Waals surface area contributed by atoms with Gasteiger partial charge in [0.2, 0.25) is 41.4 Å². The number of nitrogens with one attached hydrogen (secondary N) is 6. The van der Waals surface area contributed by atoms with Crippen molar-refractivity contribution in [2.75, 3.05) is 45.8 Å². The highest BCUT2D eigenvalue weighted by molar-refractivity contribution is 5.94. The van der Waals surface area contributed by atoms with Crippen molar-refractivity contribution >= 4 is 71.0 Å². The second-order valence-corrected chi connectivity index (χ2v) is 18.2. The van der Waals surface area contributed by atoms with Crippen molar-refractivity contribution in [3.8, 4) is 0 Å².